The summed E-state index contributed by atoms with van der Waals surface area (Å²) in [5, 5.41) is 8.74. The van der Waals surface area contributed by atoms with E-state index in [9.17, 15) is 9.59 Å². The van der Waals surface area contributed by atoms with Crippen molar-refractivity contribution in [2.75, 3.05) is 6.61 Å². The number of carbonyl (C=O) groups excluding carboxylic acids is 2. The number of esters is 1. The fourth-order valence-corrected chi connectivity index (χ4v) is 1.15. The van der Waals surface area contributed by atoms with Crippen molar-refractivity contribution in [1.82, 2.24) is 0 Å². The van der Waals surface area contributed by atoms with Crippen molar-refractivity contribution < 1.29 is 14.3 Å². The first-order chi connectivity index (χ1) is 7.01. The Bertz CT molecular complexity index is 312. The van der Waals surface area contributed by atoms with Crippen LogP contribution >= 0.6 is 0 Å². The third-order valence-electron chi connectivity index (χ3n) is 1.70. The van der Waals surface area contributed by atoms with Crippen molar-refractivity contribution in [3.05, 3.63) is 11.6 Å². The molecule has 0 heterocycles. The fourth-order valence-electron chi connectivity index (χ4n) is 1.15. The molecule has 0 saturated heterocycles. The summed E-state index contributed by atoms with van der Waals surface area (Å²) in [4.78, 5) is 22.0. The van der Waals surface area contributed by atoms with Crippen LogP contribution in [0.5, 0.6) is 0 Å². The van der Waals surface area contributed by atoms with Crippen LogP contribution in [0.15, 0.2) is 11.6 Å². The summed E-state index contributed by atoms with van der Waals surface area (Å²) in [6, 6.07) is 1.86. The van der Waals surface area contributed by atoms with Gasteiger partial charge in [0.15, 0.2) is 5.78 Å². The van der Waals surface area contributed by atoms with Crippen molar-refractivity contribution in [1.29, 1.82) is 5.26 Å². The van der Waals surface area contributed by atoms with Crippen molar-refractivity contribution in [2.45, 2.75) is 27.2 Å². The minimum atomic E-state index is -0.819. The molecule has 4 nitrogen and oxygen atoms in total. The van der Waals surface area contributed by atoms with Gasteiger partial charge in [0.25, 0.3) is 0 Å². The SMILES string of the molecule is CCOC(=O)C(C#N)C/C(C)=C/C(C)=O. The second-order valence-electron chi connectivity index (χ2n) is 3.24. The second kappa shape index (κ2) is 6.77. The van der Waals surface area contributed by atoms with Gasteiger partial charge in [-0.3, -0.25) is 9.59 Å². The number of hydrogen-bond acceptors (Lipinski definition) is 4. The van der Waals surface area contributed by atoms with E-state index in [0.717, 1.165) is 0 Å². The molecule has 1 atom stereocenters. The summed E-state index contributed by atoms with van der Waals surface area (Å²) >= 11 is 0. The molecular formula is C11H15NO3. The molecule has 0 saturated carbocycles. The maximum absolute atomic E-state index is 11.2. The van der Waals surface area contributed by atoms with Crippen molar-refractivity contribution in [3.8, 4) is 6.07 Å². The predicted molar refractivity (Wildman–Crippen MR) is 54.8 cm³/mol. The molecule has 0 aromatic heterocycles. The van der Waals surface area contributed by atoms with Crippen molar-refractivity contribution in [2.24, 2.45) is 5.92 Å². The standard InChI is InChI=1S/C11H15NO3/c1-4-15-11(14)10(7-12)6-8(2)5-9(3)13/h5,10H,4,6H2,1-3H3/b8-5+. The largest absolute Gasteiger partial charge is 0.465 e. The molecular weight excluding hydrogens is 194 g/mol. The van der Waals surface area contributed by atoms with Crippen LogP contribution in [0.3, 0.4) is 0 Å². The first-order valence-electron chi connectivity index (χ1n) is 4.75. The van der Waals surface area contributed by atoms with Gasteiger partial charge in [-0.2, -0.15) is 5.26 Å². The number of hydrogen-bond donors (Lipinski definition) is 0. The summed E-state index contributed by atoms with van der Waals surface area (Å²) < 4.78 is 4.73. The highest BCUT2D eigenvalue weighted by molar-refractivity contribution is 5.88. The summed E-state index contributed by atoms with van der Waals surface area (Å²) in [5.74, 6) is -1.44. The molecule has 0 rings (SSSR count). The molecule has 1 unspecified atom stereocenters. The molecule has 0 fully saturated rings. The molecule has 15 heavy (non-hydrogen) atoms. The lowest BCUT2D eigenvalue weighted by Gasteiger charge is -2.07. The van der Waals surface area contributed by atoms with Gasteiger partial charge in [0.05, 0.1) is 12.7 Å². The normalized spacial score (nSPS) is 12.8. The Hall–Kier alpha value is -1.63. The van der Waals surface area contributed by atoms with Crippen LogP contribution in [-0.2, 0) is 14.3 Å². The predicted octanol–water partition coefficient (Wildman–Crippen LogP) is 1.61. The van der Waals surface area contributed by atoms with Crippen LogP contribution in [0.2, 0.25) is 0 Å². The van der Waals surface area contributed by atoms with Gasteiger partial charge in [-0.05, 0) is 33.3 Å². The third-order valence-corrected chi connectivity index (χ3v) is 1.70. The highest BCUT2D eigenvalue weighted by Gasteiger charge is 2.19. The Morgan fingerprint density at radius 3 is 2.47 bits per heavy atom. The summed E-state index contributed by atoms with van der Waals surface area (Å²) in [6.45, 7) is 5.08. The van der Waals surface area contributed by atoms with E-state index in [0.29, 0.717) is 5.57 Å². The molecule has 0 aliphatic heterocycles. The van der Waals surface area contributed by atoms with Crippen LogP contribution in [-0.4, -0.2) is 18.4 Å². The zero-order valence-electron chi connectivity index (χ0n) is 9.24. The number of allylic oxidation sites excluding steroid dienone is 2. The van der Waals surface area contributed by atoms with Gasteiger partial charge >= 0.3 is 5.97 Å². The molecule has 4 heteroatoms. The maximum atomic E-state index is 11.2. The molecule has 0 aliphatic carbocycles. The molecule has 0 N–H and O–H groups in total. The monoisotopic (exact) mass is 209 g/mol. The number of ketones is 1. The molecule has 82 valence electrons. The highest BCUT2D eigenvalue weighted by Crippen LogP contribution is 2.12. The minimum absolute atomic E-state index is 0.0898. The van der Waals surface area contributed by atoms with Crippen LogP contribution in [0.4, 0.5) is 0 Å². The number of ether oxygens (including phenoxy) is 1. The van der Waals surface area contributed by atoms with E-state index in [2.05, 4.69) is 0 Å². The molecule has 0 amide bonds. The fraction of sp³-hybridized carbons (Fsp3) is 0.545. The summed E-state index contributed by atoms with van der Waals surface area (Å²) in [6.07, 6.45) is 1.67. The van der Waals surface area contributed by atoms with E-state index in [1.54, 1.807) is 13.8 Å². The lowest BCUT2D eigenvalue weighted by molar-refractivity contribution is -0.146. The molecule has 0 aromatic carbocycles. The lowest BCUT2D eigenvalue weighted by Crippen LogP contribution is -2.16. The first-order valence-corrected chi connectivity index (χ1v) is 4.75. The lowest BCUT2D eigenvalue weighted by atomic mass is 10.0. The molecule has 0 radical (unpaired) electrons. The Morgan fingerprint density at radius 1 is 1.47 bits per heavy atom. The Labute approximate surface area is 89.5 Å². The smallest absolute Gasteiger partial charge is 0.323 e. The average Bonchev–Trinajstić information content (AvgIpc) is 2.13. The molecule has 0 aliphatic rings. The molecule has 0 aromatic rings. The van der Waals surface area contributed by atoms with Gasteiger partial charge in [-0.1, -0.05) is 5.57 Å². The quantitative estimate of drug-likeness (QED) is 0.509. The van der Waals surface area contributed by atoms with E-state index < -0.39 is 11.9 Å². The van der Waals surface area contributed by atoms with Crippen LogP contribution in [0.25, 0.3) is 0 Å². The third kappa shape index (κ3) is 5.63. The van der Waals surface area contributed by atoms with Gasteiger partial charge in [-0.25, -0.2) is 0 Å². The van der Waals surface area contributed by atoms with Gasteiger partial charge in [0.2, 0.25) is 0 Å². The van der Waals surface area contributed by atoms with E-state index in [4.69, 9.17) is 10.00 Å². The second-order valence-corrected chi connectivity index (χ2v) is 3.24. The number of rotatable bonds is 5. The van der Waals surface area contributed by atoms with Gasteiger partial charge in [0.1, 0.15) is 5.92 Å². The Morgan fingerprint density at radius 2 is 2.07 bits per heavy atom. The van der Waals surface area contributed by atoms with Crippen molar-refractivity contribution in [3.63, 3.8) is 0 Å². The van der Waals surface area contributed by atoms with Crippen LogP contribution < -0.4 is 0 Å². The Kier molecular flexibility index (Phi) is 6.03. The van der Waals surface area contributed by atoms with Crippen LogP contribution in [0, 0.1) is 17.2 Å². The summed E-state index contributed by atoms with van der Waals surface area (Å²) in [5.41, 5.74) is 0.710. The Balaban J connectivity index is 4.41. The van der Waals surface area contributed by atoms with E-state index in [1.807, 2.05) is 6.07 Å². The number of nitrogens with zero attached hydrogens (tertiary/aromatic N) is 1. The van der Waals surface area contributed by atoms with E-state index in [1.165, 1.54) is 13.0 Å². The molecule has 0 bridgehead atoms. The van der Waals surface area contributed by atoms with Gasteiger partial charge < -0.3 is 4.74 Å². The van der Waals surface area contributed by atoms with Gasteiger partial charge in [0, 0.05) is 0 Å². The zero-order valence-corrected chi connectivity index (χ0v) is 9.24. The number of nitriles is 1. The average molecular weight is 209 g/mol. The topological polar surface area (TPSA) is 67.2 Å². The van der Waals surface area contributed by atoms with E-state index in [-0.39, 0.29) is 18.8 Å². The first kappa shape index (κ1) is 13.4. The van der Waals surface area contributed by atoms with Gasteiger partial charge in [-0.15, -0.1) is 0 Å². The summed E-state index contributed by atoms with van der Waals surface area (Å²) in [7, 11) is 0. The zero-order chi connectivity index (χ0) is 11.8. The van der Waals surface area contributed by atoms with E-state index >= 15 is 0 Å². The number of carbonyl (C=O) groups is 2. The van der Waals surface area contributed by atoms with Crippen molar-refractivity contribution >= 4 is 11.8 Å². The molecule has 0 spiro atoms. The highest BCUT2D eigenvalue weighted by atomic mass is 16.5. The van der Waals surface area contributed by atoms with Crippen LogP contribution in [0.1, 0.15) is 27.2 Å². The maximum Gasteiger partial charge on any atom is 0.323 e. The minimum Gasteiger partial charge on any atom is -0.465 e.